The van der Waals surface area contributed by atoms with Crippen molar-refractivity contribution in [2.75, 3.05) is 0 Å². The Bertz CT molecular complexity index is 78.5. The molecule has 0 bridgehead atoms. The molecule has 0 amide bonds. The van der Waals surface area contributed by atoms with E-state index in [2.05, 4.69) is 0 Å². The van der Waals surface area contributed by atoms with E-state index >= 15 is 0 Å². The van der Waals surface area contributed by atoms with E-state index < -0.39 is 0 Å². The van der Waals surface area contributed by atoms with Gasteiger partial charge in [-0.1, -0.05) is 20.3 Å². The van der Waals surface area contributed by atoms with Crippen molar-refractivity contribution >= 4 is 0 Å². The Hall–Kier alpha value is 0.790. The maximum Gasteiger partial charge on any atom is 0.0564 e. The molecule has 2 unspecified atom stereocenters. The van der Waals surface area contributed by atoms with Gasteiger partial charge in [0.2, 0.25) is 0 Å². The maximum atomic E-state index is 9.19. The largest absolute Gasteiger partial charge is 0.393 e. The zero-order chi connectivity index (χ0) is 7.98. The SMILES string of the molecule is CCCC(O)CC(O)CC.[Sc]. The summed E-state index contributed by atoms with van der Waals surface area (Å²) >= 11 is 0. The molecule has 0 spiro atoms. The van der Waals surface area contributed by atoms with Crippen LogP contribution in [0.15, 0.2) is 0 Å². The first-order valence-corrected chi connectivity index (χ1v) is 4.06. The Morgan fingerprint density at radius 2 is 1.64 bits per heavy atom. The molecule has 0 aromatic heterocycles. The molecular formula is C8H18O2Sc. The van der Waals surface area contributed by atoms with Crippen LogP contribution in [0.2, 0.25) is 0 Å². The van der Waals surface area contributed by atoms with Crippen LogP contribution >= 0.6 is 0 Å². The average Bonchev–Trinajstić information content (AvgIpc) is 1.88. The molecule has 65 valence electrons. The minimum Gasteiger partial charge on any atom is -0.393 e. The second-order valence-electron chi connectivity index (χ2n) is 2.74. The summed E-state index contributed by atoms with van der Waals surface area (Å²) in [4.78, 5) is 0. The Labute approximate surface area is 87.8 Å². The van der Waals surface area contributed by atoms with Crippen molar-refractivity contribution in [3.05, 3.63) is 0 Å². The van der Waals surface area contributed by atoms with Crippen LogP contribution in [0.25, 0.3) is 0 Å². The van der Waals surface area contributed by atoms with E-state index in [4.69, 9.17) is 5.11 Å². The molecule has 0 rings (SSSR count). The van der Waals surface area contributed by atoms with Crippen molar-refractivity contribution in [1.82, 2.24) is 0 Å². The molecule has 0 aliphatic heterocycles. The summed E-state index contributed by atoms with van der Waals surface area (Å²) in [6.45, 7) is 3.95. The van der Waals surface area contributed by atoms with Crippen LogP contribution in [-0.4, -0.2) is 22.4 Å². The molecule has 0 heterocycles. The molecule has 0 saturated heterocycles. The summed E-state index contributed by atoms with van der Waals surface area (Å²) in [5.74, 6) is 0. The minimum absolute atomic E-state index is 0. The van der Waals surface area contributed by atoms with E-state index in [-0.39, 0.29) is 38.1 Å². The molecule has 1 radical (unpaired) electrons. The third-order valence-electron chi connectivity index (χ3n) is 1.64. The fraction of sp³-hybridized carbons (Fsp3) is 1.00. The van der Waals surface area contributed by atoms with Gasteiger partial charge in [-0.3, -0.25) is 0 Å². The third kappa shape index (κ3) is 8.70. The van der Waals surface area contributed by atoms with Gasteiger partial charge in [-0.2, -0.15) is 0 Å². The minimum atomic E-state index is -0.318. The van der Waals surface area contributed by atoms with Gasteiger partial charge < -0.3 is 10.2 Å². The van der Waals surface area contributed by atoms with Crippen molar-refractivity contribution in [3.63, 3.8) is 0 Å². The number of hydrogen-bond acceptors (Lipinski definition) is 2. The fourth-order valence-electron chi connectivity index (χ4n) is 0.932. The number of rotatable bonds is 5. The molecule has 2 N–H and O–H groups in total. The quantitative estimate of drug-likeness (QED) is 0.687. The summed E-state index contributed by atoms with van der Waals surface area (Å²) in [7, 11) is 0. The zero-order valence-electron chi connectivity index (χ0n) is 7.45. The van der Waals surface area contributed by atoms with Gasteiger partial charge in [0.25, 0.3) is 0 Å². The van der Waals surface area contributed by atoms with Gasteiger partial charge in [-0.05, 0) is 19.3 Å². The molecule has 3 heteroatoms. The fourth-order valence-corrected chi connectivity index (χ4v) is 0.932. The monoisotopic (exact) mass is 191 g/mol. The van der Waals surface area contributed by atoms with Gasteiger partial charge in [-0.25, -0.2) is 0 Å². The third-order valence-corrected chi connectivity index (χ3v) is 1.64. The first-order valence-electron chi connectivity index (χ1n) is 4.06. The standard InChI is InChI=1S/C8H18O2.Sc/c1-3-5-8(10)6-7(9)4-2;/h7-10H,3-6H2,1-2H3;. The first-order chi connectivity index (χ1) is 4.70. The number of aliphatic hydroxyl groups excluding tert-OH is 2. The van der Waals surface area contributed by atoms with E-state index in [1.807, 2.05) is 13.8 Å². The summed E-state index contributed by atoms with van der Waals surface area (Å²) in [5.41, 5.74) is 0. The van der Waals surface area contributed by atoms with Crippen molar-refractivity contribution in [2.45, 2.75) is 51.7 Å². The van der Waals surface area contributed by atoms with Crippen LogP contribution in [0.1, 0.15) is 39.5 Å². The van der Waals surface area contributed by atoms with Crippen molar-refractivity contribution in [2.24, 2.45) is 0 Å². The van der Waals surface area contributed by atoms with Gasteiger partial charge in [0.05, 0.1) is 12.2 Å². The topological polar surface area (TPSA) is 40.5 Å². The smallest absolute Gasteiger partial charge is 0.0564 e. The molecule has 0 fully saturated rings. The van der Waals surface area contributed by atoms with E-state index in [0.717, 1.165) is 19.3 Å². The van der Waals surface area contributed by atoms with Crippen molar-refractivity contribution in [1.29, 1.82) is 0 Å². The van der Waals surface area contributed by atoms with E-state index in [9.17, 15) is 5.11 Å². The van der Waals surface area contributed by atoms with Gasteiger partial charge in [0.1, 0.15) is 0 Å². The predicted molar refractivity (Wildman–Crippen MR) is 41.8 cm³/mol. The summed E-state index contributed by atoms with van der Waals surface area (Å²) in [6.07, 6.45) is 2.43. The maximum absolute atomic E-state index is 9.19. The van der Waals surface area contributed by atoms with Gasteiger partial charge >= 0.3 is 0 Å². The van der Waals surface area contributed by atoms with E-state index in [1.165, 1.54) is 0 Å². The van der Waals surface area contributed by atoms with Gasteiger partial charge in [0, 0.05) is 25.8 Å². The molecule has 2 atom stereocenters. The molecular weight excluding hydrogens is 173 g/mol. The molecule has 0 aliphatic carbocycles. The molecule has 0 aromatic carbocycles. The normalized spacial score (nSPS) is 15.3. The van der Waals surface area contributed by atoms with Gasteiger partial charge in [0.15, 0.2) is 0 Å². The zero-order valence-corrected chi connectivity index (χ0v) is 9.26. The first kappa shape index (κ1) is 14.3. The second kappa shape index (κ2) is 8.88. The summed E-state index contributed by atoms with van der Waals surface area (Å²) < 4.78 is 0. The van der Waals surface area contributed by atoms with Crippen LogP contribution in [0.5, 0.6) is 0 Å². The molecule has 2 nitrogen and oxygen atoms in total. The number of aliphatic hydroxyl groups is 2. The van der Waals surface area contributed by atoms with Crippen molar-refractivity contribution in [3.8, 4) is 0 Å². The Balaban J connectivity index is 0. The van der Waals surface area contributed by atoms with Crippen LogP contribution in [0.3, 0.4) is 0 Å². The van der Waals surface area contributed by atoms with E-state index in [0.29, 0.717) is 6.42 Å². The average molecular weight is 191 g/mol. The second-order valence-corrected chi connectivity index (χ2v) is 2.74. The van der Waals surface area contributed by atoms with Crippen LogP contribution < -0.4 is 0 Å². The molecule has 0 aliphatic rings. The summed E-state index contributed by atoms with van der Waals surface area (Å²) in [5, 5.41) is 18.3. The predicted octanol–water partition coefficient (Wildman–Crippen LogP) is 1.31. The number of hydrogen-bond donors (Lipinski definition) is 2. The van der Waals surface area contributed by atoms with Crippen LogP contribution in [0.4, 0.5) is 0 Å². The summed E-state index contributed by atoms with van der Waals surface area (Å²) in [6, 6.07) is 0. The van der Waals surface area contributed by atoms with Crippen molar-refractivity contribution < 1.29 is 36.1 Å². The Morgan fingerprint density at radius 3 is 2.00 bits per heavy atom. The van der Waals surface area contributed by atoms with Crippen LogP contribution in [-0.2, 0) is 25.8 Å². The molecule has 11 heavy (non-hydrogen) atoms. The van der Waals surface area contributed by atoms with E-state index in [1.54, 1.807) is 0 Å². The van der Waals surface area contributed by atoms with Crippen LogP contribution in [0, 0.1) is 0 Å². The van der Waals surface area contributed by atoms with Gasteiger partial charge in [-0.15, -0.1) is 0 Å². The molecule has 0 saturated carbocycles. The molecule has 0 aromatic rings. The Kier molecular flexibility index (Phi) is 11.6. The Morgan fingerprint density at radius 1 is 1.09 bits per heavy atom.